The third-order valence-corrected chi connectivity index (χ3v) is 7.94. The summed E-state index contributed by atoms with van der Waals surface area (Å²) >= 11 is 10.4. The van der Waals surface area contributed by atoms with Crippen LogP contribution in [0.4, 0.5) is 0 Å². The summed E-state index contributed by atoms with van der Waals surface area (Å²) in [5, 5.41) is 0. The van der Waals surface area contributed by atoms with Crippen molar-refractivity contribution in [2.24, 2.45) is 0 Å². The Bertz CT molecular complexity index is 491. The first-order valence-electron chi connectivity index (χ1n) is 4.94. The SMILES string of the molecule is Cc1cc(S(=O)(=O)N(C)C(C)(C)CCl)sc1Br. The smallest absolute Gasteiger partial charge is 0.206 e. The first-order valence-corrected chi connectivity index (χ1v) is 8.52. The Morgan fingerprint density at radius 1 is 1.53 bits per heavy atom. The minimum absolute atomic E-state index is 0.244. The summed E-state index contributed by atoms with van der Waals surface area (Å²) in [6.07, 6.45) is 0. The lowest BCUT2D eigenvalue weighted by atomic mass is 10.1. The molecule has 1 rings (SSSR count). The van der Waals surface area contributed by atoms with Crippen molar-refractivity contribution >= 4 is 48.9 Å². The minimum atomic E-state index is -3.47. The molecule has 0 bridgehead atoms. The molecule has 0 fully saturated rings. The van der Waals surface area contributed by atoms with Crippen molar-refractivity contribution in [2.45, 2.75) is 30.5 Å². The van der Waals surface area contributed by atoms with E-state index < -0.39 is 15.6 Å². The molecule has 1 aromatic rings. The lowest BCUT2D eigenvalue weighted by Crippen LogP contribution is -2.46. The van der Waals surface area contributed by atoms with Crippen LogP contribution in [-0.2, 0) is 10.0 Å². The Hall–Kier alpha value is 0.380. The van der Waals surface area contributed by atoms with Gasteiger partial charge in [0.15, 0.2) is 0 Å². The Balaban J connectivity index is 3.20. The molecule has 0 atom stereocenters. The number of aryl methyl sites for hydroxylation is 1. The first-order chi connectivity index (χ1) is 7.63. The summed E-state index contributed by atoms with van der Waals surface area (Å²) in [5.74, 6) is 0.244. The average Bonchev–Trinajstić information content (AvgIpc) is 2.58. The molecule has 0 saturated heterocycles. The van der Waals surface area contributed by atoms with E-state index in [9.17, 15) is 8.42 Å². The number of thiophene rings is 1. The monoisotopic (exact) mass is 359 g/mol. The predicted molar refractivity (Wildman–Crippen MR) is 76.5 cm³/mol. The second-order valence-corrected chi connectivity index (χ2v) is 9.27. The van der Waals surface area contributed by atoms with Gasteiger partial charge in [0.1, 0.15) is 4.21 Å². The molecule has 0 amide bonds. The van der Waals surface area contributed by atoms with Gasteiger partial charge in [0, 0.05) is 18.5 Å². The van der Waals surface area contributed by atoms with Crippen LogP contribution in [0, 0.1) is 6.92 Å². The molecule has 3 nitrogen and oxygen atoms in total. The number of nitrogens with zero attached hydrogens (tertiary/aromatic N) is 1. The van der Waals surface area contributed by atoms with E-state index in [4.69, 9.17) is 11.6 Å². The Kier molecular flexibility index (Phi) is 4.69. The van der Waals surface area contributed by atoms with Gasteiger partial charge in [0.2, 0.25) is 0 Å². The molecule has 0 aliphatic rings. The molecule has 0 aliphatic carbocycles. The van der Waals surface area contributed by atoms with E-state index >= 15 is 0 Å². The van der Waals surface area contributed by atoms with E-state index in [2.05, 4.69) is 15.9 Å². The fraction of sp³-hybridized carbons (Fsp3) is 0.600. The van der Waals surface area contributed by atoms with Gasteiger partial charge in [-0.3, -0.25) is 0 Å². The largest absolute Gasteiger partial charge is 0.252 e. The highest BCUT2D eigenvalue weighted by atomic mass is 79.9. The maximum atomic E-state index is 12.4. The molecule has 0 unspecified atom stereocenters. The van der Waals surface area contributed by atoms with Crippen LogP contribution in [0.15, 0.2) is 14.1 Å². The summed E-state index contributed by atoms with van der Waals surface area (Å²) in [7, 11) is -1.92. The molecule has 0 aliphatic heterocycles. The lowest BCUT2D eigenvalue weighted by Gasteiger charge is -2.32. The Morgan fingerprint density at radius 2 is 2.06 bits per heavy atom. The number of halogens is 2. The Labute approximate surface area is 120 Å². The highest BCUT2D eigenvalue weighted by Crippen LogP contribution is 2.34. The third-order valence-electron chi connectivity index (χ3n) is 2.63. The number of sulfonamides is 1. The molecule has 1 heterocycles. The summed E-state index contributed by atoms with van der Waals surface area (Å²) in [4.78, 5) is 0. The average molecular weight is 361 g/mol. The minimum Gasteiger partial charge on any atom is -0.206 e. The zero-order valence-corrected chi connectivity index (χ0v) is 14.1. The second kappa shape index (κ2) is 5.17. The molecular formula is C10H15BrClNO2S2. The molecule has 1 aromatic heterocycles. The van der Waals surface area contributed by atoms with E-state index in [-0.39, 0.29) is 5.88 Å². The highest BCUT2D eigenvalue weighted by molar-refractivity contribution is 9.11. The number of hydrogen-bond donors (Lipinski definition) is 0. The standard InChI is InChI=1S/C10H15BrClNO2S2/c1-7-5-8(16-9(7)11)17(14,15)13(4)10(2,3)6-12/h5H,6H2,1-4H3. The second-order valence-electron chi connectivity index (χ2n) is 4.44. The van der Waals surface area contributed by atoms with Crippen LogP contribution in [0.2, 0.25) is 0 Å². The summed E-state index contributed by atoms with van der Waals surface area (Å²) in [5.41, 5.74) is 0.316. The van der Waals surface area contributed by atoms with Crippen LogP contribution in [0.3, 0.4) is 0 Å². The molecular weight excluding hydrogens is 346 g/mol. The van der Waals surface area contributed by atoms with Crippen LogP contribution in [0.5, 0.6) is 0 Å². The fourth-order valence-corrected chi connectivity index (χ4v) is 5.26. The predicted octanol–water partition coefficient (Wildman–Crippen LogP) is 3.46. The van der Waals surface area contributed by atoms with Gasteiger partial charge in [-0.1, -0.05) is 0 Å². The quantitative estimate of drug-likeness (QED) is 0.771. The van der Waals surface area contributed by atoms with E-state index in [0.29, 0.717) is 4.21 Å². The summed E-state index contributed by atoms with van der Waals surface area (Å²) < 4.78 is 27.2. The van der Waals surface area contributed by atoms with Crippen molar-refractivity contribution in [1.29, 1.82) is 0 Å². The van der Waals surface area contributed by atoms with Crippen LogP contribution in [-0.4, -0.2) is 31.2 Å². The van der Waals surface area contributed by atoms with Crippen LogP contribution in [0.1, 0.15) is 19.4 Å². The molecule has 0 N–H and O–H groups in total. The van der Waals surface area contributed by atoms with Crippen LogP contribution < -0.4 is 0 Å². The van der Waals surface area contributed by atoms with Crippen molar-refractivity contribution in [1.82, 2.24) is 4.31 Å². The van der Waals surface area contributed by atoms with Gasteiger partial charge < -0.3 is 0 Å². The topological polar surface area (TPSA) is 37.4 Å². The summed E-state index contributed by atoms with van der Waals surface area (Å²) in [6.45, 7) is 5.46. The van der Waals surface area contributed by atoms with Gasteiger partial charge in [0.25, 0.3) is 10.0 Å². The van der Waals surface area contributed by atoms with E-state index in [1.165, 1.54) is 15.6 Å². The molecule has 98 valence electrons. The molecule has 7 heteroatoms. The van der Waals surface area contributed by atoms with Crippen molar-refractivity contribution in [2.75, 3.05) is 12.9 Å². The highest BCUT2D eigenvalue weighted by Gasteiger charge is 2.34. The van der Waals surface area contributed by atoms with E-state index in [1.807, 2.05) is 6.92 Å². The maximum Gasteiger partial charge on any atom is 0.252 e. The van der Waals surface area contributed by atoms with Crippen molar-refractivity contribution in [3.8, 4) is 0 Å². The zero-order chi connectivity index (χ0) is 13.4. The number of alkyl halides is 1. The van der Waals surface area contributed by atoms with E-state index in [1.54, 1.807) is 27.0 Å². The normalized spacial score (nSPS) is 13.4. The lowest BCUT2D eigenvalue weighted by molar-refractivity contribution is 0.296. The van der Waals surface area contributed by atoms with Gasteiger partial charge in [-0.25, -0.2) is 8.42 Å². The van der Waals surface area contributed by atoms with Gasteiger partial charge in [-0.15, -0.1) is 22.9 Å². The van der Waals surface area contributed by atoms with Gasteiger partial charge >= 0.3 is 0 Å². The van der Waals surface area contributed by atoms with Crippen molar-refractivity contribution < 1.29 is 8.42 Å². The fourth-order valence-electron chi connectivity index (χ4n) is 1.10. The number of hydrogen-bond acceptors (Lipinski definition) is 3. The molecule has 0 saturated carbocycles. The number of rotatable bonds is 4. The van der Waals surface area contributed by atoms with E-state index in [0.717, 1.165) is 9.35 Å². The third kappa shape index (κ3) is 3.04. The van der Waals surface area contributed by atoms with Gasteiger partial charge in [-0.2, -0.15) is 4.31 Å². The van der Waals surface area contributed by atoms with Crippen LogP contribution in [0.25, 0.3) is 0 Å². The first kappa shape index (κ1) is 15.4. The Morgan fingerprint density at radius 3 is 2.41 bits per heavy atom. The zero-order valence-electron chi connectivity index (χ0n) is 10.1. The van der Waals surface area contributed by atoms with Crippen molar-refractivity contribution in [3.63, 3.8) is 0 Å². The van der Waals surface area contributed by atoms with Crippen molar-refractivity contribution in [3.05, 3.63) is 15.4 Å². The maximum absolute atomic E-state index is 12.4. The molecule has 0 spiro atoms. The van der Waals surface area contributed by atoms with Gasteiger partial charge in [-0.05, 0) is 48.3 Å². The molecule has 0 radical (unpaired) electrons. The van der Waals surface area contributed by atoms with Gasteiger partial charge in [0.05, 0.1) is 3.79 Å². The molecule has 17 heavy (non-hydrogen) atoms. The summed E-state index contributed by atoms with van der Waals surface area (Å²) in [6, 6.07) is 1.67. The molecule has 0 aromatic carbocycles. The van der Waals surface area contributed by atoms with Crippen LogP contribution >= 0.6 is 38.9 Å².